The van der Waals surface area contributed by atoms with Gasteiger partial charge in [-0.3, -0.25) is 4.90 Å². The van der Waals surface area contributed by atoms with Crippen molar-refractivity contribution in [2.24, 2.45) is 0 Å². The highest BCUT2D eigenvalue weighted by atomic mass is 15.6. The quantitative estimate of drug-likeness (QED) is 0.486. The van der Waals surface area contributed by atoms with Crippen molar-refractivity contribution in [3.63, 3.8) is 0 Å². The largest absolute Gasteiger partial charge is 0.271 e. The molecule has 0 saturated carbocycles. The van der Waals surface area contributed by atoms with Crippen LogP contribution in [0, 0.1) is 0 Å². The van der Waals surface area contributed by atoms with E-state index in [0.29, 0.717) is 0 Å². The molecular formula is C6H15N3. The average Bonchev–Trinajstić information content (AvgIpc) is 2.08. The maximum Gasteiger partial charge on any atom is 0.0631 e. The second-order valence-electron chi connectivity index (χ2n) is 3.38. The molecule has 1 heterocycles. The molecule has 1 saturated heterocycles. The van der Waals surface area contributed by atoms with Crippen LogP contribution in [-0.4, -0.2) is 23.8 Å². The topological polar surface area (TPSA) is 27.3 Å². The van der Waals surface area contributed by atoms with Crippen LogP contribution in [-0.2, 0) is 0 Å². The predicted molar refractivity (Wildman–Crippen MR) is 37.6 cm³/mol. The van der Waals surface area contributed by atoms with Gasteiger partial charge in [-0.05, 0) is 20.8 Å². The Morgan fingerprint density at radius 1 is 1.11 bits per heavy atom. The molecule has 0 unspecified atom stereocenters. The average molecular weight is 129 g/mol. The second kappa shape index (κ2) is 2.25. The van der Waals surface area contributed by atoms with E-state index in [1.165, 1.54) is 0 Å². The molecule has 3 nitrogen and oxygen atoms in total. The van der Waals surface area contributed by atoms with Gasteiger partial charge in [-0.25, -0.2) is 10.9 Å². The molecular weight excluding hydrogens is 114 g/mol. The van der Waals surface area contributed by atoms with Gasteiger partial charge in [0.15, 0.2) is 0 Å². The van der Waals surface area contributed by atoms with Crippen molar-refractivity contribution in [2.75, 3.05) is 13.3 Å². The molecule has 0 aromatic heterocycles. The van der Waals surface area contributed by atoms with E-state index >= 15 is 0 Å². The lowest BCUT2D eigenvalue weighted by atomic mass is 10.1. The molecule has 0 aromatic rings. The number of hydrazine groups is 1. The Bertz CT molecular complexity index is 89.0. The summed E-state index contributed by atoms with van der Waals surface area (Å²) in [5.41, 5.74) is 6.40. The first-order valence-electron chi connectivity index (χ1n) is 3.31. The van der Waals surface area contributed by atoms with E-state index in [1.54, 1.807) is 0 Å². The zero-order valence-electron chi connectivity index (χ0n) is 6.36. The molecule has 1 fully saturated rings. The molecule has 2 N–H and O–H groups in total. The van der Waals surface area contributed by atoms with E-state index in [2.05, 4.69) is 36.5 Å². The van der Waals surface area contributed by atoms with Gasteiger partial charge >= 0.3 is 0 Å². The summed E-state index contributed by atoms with van der Waals surface area (Å²) in [5.74, 6) is 0. The number of nitrogens with one attached hydrogen (secondary N) is 2. The summed E-state index contributed by atoms with van der Waals surface area (Å²) in [7, 11) is 0. The highest BCUT2D eigenvalue weighted by Crippen LogP contribution is 2.11. The molecule has 0 amide bonds. The van der Waals surface area contributed by atoms with E-state index in [4.69, 9.17) is 0 Å². The van der Waals surface area contributed by atoms with Crippen molar-refractivity contribution in [1.29, 1.82) is 0 Å². The SMILES string of the molecule is CC(C)(C)N1CNNC1. The summed E-state index contributed by atoms with van der Waals surface area (Å²) in [6, 6.07) is 0. The zero-order chi connectivity index (χ0) is 6.91. The molecule has 0 aliphatic carbocycles. The Hall–Kier alpha value is -0.120. The summed E-state index contributed by atoms with van der Waals surface area (Å²) in [5, 5.41) is 0. The summed E-state index contributed by atoms with van der Waals surface area (Å²) >= 11 is 0. The van der Waals surface area contributed by atoms with E-state index < -0.39 is 0 Å². The lowest BCUT2D eigenvalue weighted by Crippen LogP contribution is -2.40. The molecule has 1 aliphatic rings. The number of nitrogens with zero attached hydrogens (tertiary/aromatic N) is 1. The standard InChI is InChI=1S/C6H15N3/c1-6(2,3)9-4-7-8-5-9/h7-8H,4-5H2,1-3H3. The molecule has 1 rings (SSSR count). The number of rotatable bonds is 0. The Labute approximate surface area is 56.4 Å². The van der Waals surface area contributed by atoms with Crippen LogP contribution in [0.4, 0.5) is 0 Å². The van der Waals surface area contributed by atoms with Crippen LogP contribution >= 0.6 is 0 Å². The molecule has 0 radical (unpaired) electrons. The first-order chi connectivity index (χ1) is 4.11. The van der Waals surface area contributed by atoms with Crippen LogP contribution in [0.2, 0.25) is 0 Å². The Morgan fingerprint density at radius 3 is 1.78 bits per heavy atom. The summed E-state index contributed by atoms with van der Waals surface area (Å²) in [6.07, 6.45) is 0. The van der Waals surface area contributed by atoms with E-state index in [-0.39, 0.29) is 5.54 Å². The minimum atomic E-state index is 0.288. The van der Waals surface area contributed by atoms with Gasteiger partial charge in [0.2, 0.25) is 0 Å². The van der Waals surface area contributed by atoms with E-state index in [0.717, 1.165) is 13.3 Å². The smallest absolute Gasteiger partial charge is 0.0631 e. The van der Waals surface area contributed by atoms with Gasteiger partial charge in [0.25, 0.3) is 0 Å². The van der Waals surface area contributed by atoms with Crippen LogP contribution in [0.25, 0.3) is 0 Å². The first-order valence-corrected chi connectivity index (χ1v) is 3.31. The third-order valence-corrected chi connectivity index (χ3v) is 1.61. The monoisotopic (exact) mass is 129 g/mol. The van der Waals surface area contributed by atoms with Gasteiger partial charge in [0, 0.05) is 5.54 Å². The molecule has 3 heteroatoms. The Balaban J connectivity index is 2.42. The van der Waals surface area contributed by atoms with Crippen molar-refractivity contribution in [3.05, 3.63) is 0 Å². The number of hydrogen-bond donors (Lipinski definition) is 2. The minimum absolute atomic E-state index is 0.288. The fourth-order valence-electron chi connectivity index (χ4n) is 0.833. The van der Waals surface area contributed by atoms with E-state index in [1.807, 2.05) is 0 Å². The minimum Gasteiger partial charge on any atom is -0.271 e. The maximum absolute atomic E-state index is 3.05. The van der Waals surface area contributed by atoms with Crippen molar-refractivity contribution >= 4 is 0 Å². The summed E-state index contributed by atoms with van der Waals surface area (Å²) < 4.78 is 0. The predicted octanol–water partition coefficient (Wildman–Crippen LogP) is 0.110. The van der Waals surface area contributed by atoms with Crippen LogP contribution in [0.1, 0.15) is 20.8 Å². The third kappa shape index (κ3) is 1.64. The molecule has 0 spiro atoms. The fourth-order valence-corrected chi connectivity index (χ4v) is 0.833. The molecule has 0 aromatic carbocycles. The second-order valence-corrected chi connectivity index (χ2v) is 3.38. The van der Waals surface area contributed by atoms with Crippen molar-refractivity contribution in [3.8, 4) is 0 Å². The zero-order valence-corrected chi connectivity index (χ0v) is 6.36. The van der Waals surface area contributed by atoms with Crippen molar-refractivity contribution < 1.29 is 0 Å². The molecule has 0 bridgehead atoms. The maximum atomic E-state index is 3.05. The third-order valence-electron chi connectivity index (χ3n) is 1.61. The highest BCUT2D eigenvalue weighted by molar-refractivity contribution is 4.76. The van der Waals surface area contributed by atoms with Gasteiger partial charge in [-0.2, -0.15) is 0 Å². The first kappa shape index (κ1) is 6.99. The van der Waals surface area contributed by atoms with Gasteiger partial charge in [0.05, 0.1) is 13.3 Å². The fraction of sp³-hybridized carbons (Fsp3) is 1.00. The van der Waals surface area contributed by atoms with Gasteiger partial charge in [-0.15, -0.1) is 0 Å². The normalized spacial score (nSPS) is 23.0. The molecule has 1 aliphatic heterocycles. The lowest BCUT2D eigenvalue weighted by molar-refractivity contribution is 0.170. The lowest BCUT2D eigenvalue weighted by Gasteiger charge is -2.29. The molecule has 9 heavy (non-hydrogen) atoms. The number of hydrogen-bond acceptors (Lipinski definition) is 3. The van der Waals surface area contributed by atoms with Crippen molar-refractivity contribution in [2.45, 2.75) is 26.3 Å². The Kier molecular flexibility index (Phi) is 1.75. The van der Waals surface area contributed by atoms with E-state index in [9.17, 15) is 0 Å². The van der Waals surface area contributed by atoms with Crippen LogP contribution in [0.15, 0.2) is 0 Å². The van der Waals surface area contributed by atoms with Crippen LogP contribution in [0.5, 0.6) is 0 Å². The van der Waals surface area contributed by atoms with Gasteiger partial charge < -0.3 is 0 Å². The van der Waals surface area contributed by atoms with Gasteiger partial charge in [-0.1, -0.05) is 0 Å². The van der Waals surface area contributed by atoms with Gasteiger partial charge in [0.1, 0.15) is 0 Å². The molecule has 0 atom stereocenters. The summed E-state index contributed by atoms with van der Waals surface area (Å²) in [6.45, 7) is 8.53. The molecule has 54 valence electrons. The Morgan fingerprint density at radius 2 is 1.56 bits per heavy atom. The van der Waals surface area contributed by atoms with Crippen molar-refractivity contribution in [1.82, 2.24) is 15.8 Å². The van der Waals surface area contributed by atoms with Crippen LogP contribution < -0.4 is 10.9 Å². The van der Waals surface area contributed by atoms with Crippen LogP contribution in [0.3, 0.4) is 0 Å². The summed E-state index contributed by atoms with van der Waals surface area (Å²) in [4.78, 5) is 2.33. The highest BCUT2D eigenvalue weighted by Gasteiger charge is 2.22.